The van der Waals surface area contributed by atoms with Gasteiger partial charge in [-0.25, -0.2) is 4.98 Å². The van der Waals surface area contributed by atoms with Gasteiger partial charge in [-0.1, -0.05) is 6.07 Å². The molecule has 2 aromatic heterocycles. The Bertz CT molecular complexity index is 680. The van der Waals surface area contributed by atoms with Crippen molar-refractivity contribution in [1.29, 1.82) is 0 Å². The van der Waals surface area contributed by atoms with Crippen LogP contribution in [0.2, 0.25) is 0 Å². The number of hydrogen-bond acceptors (Lipinski definition) is 4. The second-order valence-electron chi connectivity index (χ2n) is 5.47. The Hall–Kier alpha value is -1.72. The van der Waals surface area contributed by atoms with Crippen LogP contribution >= 0.6 is 0 Å². The van der Waals surface area contributed by atoms with Gasteiger partial charge in [0.15, 0.2) is 0 Å². The van der Waals surface area contributed by atoms with Crippen molar-refractivity contribution in [2.75, 3.05) is 13.2 Å². The van der Waals surface area contributed by atoms with E-state index < -0.39 is 0 Å². The first-order chi connectivity index (χ1) is 9.67. The number of nitrogens with zero attached hydrogens (tertiary/aromatic N) is 3. The molecule has 1 aliphatic heterocycles. The van der Waals surface area contributed by atoms with Gasteiger partial charge in [-0.15, -0.1) is 0 Å². The molecular weight excluding hydrogens is 254 g/mol. The molecule has 0 aliphatic carbocycles. The summed E-state index contributed by atoms with van der Waals surface area (Å²) >= 11 is 0. The summed E-state index contributed by atoms with van der Waals surface area (Å²) in [5.41, 5.74) is 2.44. The van der Waals surface area contributed by atoms with Gasteiger partial charge in [-0.3, -0.25) is 14.1 Å². The molecule has 3 rings (SSSR count). The second kappa shape index (κ2) is 5.34. The standard InChI is InChI=1S/C15H19N3O2/c1-11-4-5-14-16-12(7-15(20)18(14)8-11)9-17-6-2-3-13(17)10-19/h4-5,7-8,13,19H,2-3,6,9-10H2,1H3. The lowest BCUT2D eigenvalue weighted by Gasteiger charge is -2.22. The summed E-state index contributed by atoms with van der Waals surface area (Å²) in [6.07, 6.45) is 3.92. The van der Waals surface area contributed by atoms with E-state index in [1.807, 2.05) is 19.1 Å². The summed E-state index contributed by atoms with van der Waals surface area (Å²) in [5, 5.41) is 9.34. The summed E-state index contributed by atoms with van der Waals surface area (Å²) in [6.45, 7) is 3.71. The fourth-order valence-electron chi connectivity index (χ4n) is 2.86. The third-order valence-electron chi connectivity index (χ3n) is 3.94. The summed E-state index contributed by atoms with van der Waals surface area (Å²) in [6, 6.07) is 5.62. The maximum absolute atomic E-state index is 12.1. The number of hydrogen-bond donors (Lipinski definition) is 1. The summed E-state index contributed by atoms with van der Waals surface area (Å²) in [5.74, 6) is 0. The van der Waals surface area contributed by atoms with E-state index in [0.29, 0.717) is 12.2 Å². The summed E-state index contributed by atoms with van der Waals surface area (Å²) < 4.78 is 1.58. The molecule has 0 saturated carbocycles. The van der Waals surface area contributed by atoms with E-state index in [2.05, 4.69) is 9.88 Å². The van der Waals surface area contributed by atoms with Crippen molar-refractivity contribution in [3.05, 3.63) is 46.0 Å². The molecule has 0 amide bonds. The van der Waals surface area contributed by atoms with Gasteiger partial charge >= 0.3 is 0 Å². The van der Waals surface area contributed by atoms with Crippen LogP contribution in [0.5, 0.6) is 0 Å². The van der Waals surface area contributed by atoms with E-state index in [0.717, 1.165) is 30.6 Å². The molecule has 106 valence electrons. The minimum absolute atomic E-state index is 0.0477. The van der Waals surface area contributed by atoms with E-state index in [1.165, 1.54) is 0 Å². The van der Waals surface area contributed by atoms with E-state index in [9.17, 15) is 9.90 Å². The van der Waals surface area contributed by atoms with Crippen LogP contribution in [-0.4, -0.2) is 38.6 Å². The van der Waals surface area contributed by atoms with Crippen LogP contribution in [0.1, 0.15) is 24.1 Å². The van der Waals surface area contributed by atoms with E-state index in [-0.39, 0.29) is 18.2 Å². The van der Waals surface area contributed by atoms with Gasteiger partial charge in [0.25, 0.3) is 5.56 Å². The van der Waals surface area contributed by atoms with Crippen molar-refractivity contribution in [2.24, 2.45) is 0 Å². The van der Waals surface area contributed by atoms with Crippen LogP contribution in [-0.2, 0) is 6.54 Å². The van der Waals surface area contributed by atoms with Crippen LogP contribution < -0.4 is 5.56 Å². The topological polar surface area (TPSA) is 57.8 Å². The molecule has 1 saturated heterocycles. The Morgan fingerprint density at radius 3 is 3.10 bits per heavy atom. The van der Waals surface area contributed by atoms with E-state index >= 15 is 0 Å². The molecule has 3 heterocycles. The van der Waals surface area contributed by atoms with Gasteiger partial charge in [-0.05, 0) is 37.9 Å². The molecule has 0 spiro atoms. The zero-order chi connectivity index (χ0) is 14.1. The number of likely N-dealkylation sites (tertiary alicyclic amines) is 1. The molecule has 1 N–H and O–H groups in total. The Balaban J connectivity index is 1.93. The Morgan fingerprint density at radius 2 is 2.30 bits per heavy atom. The zero-order valence-corrected chi connectivity index (χ0v) is 11.6. The van der Waals surface area contributed by atoms with Crippen LogP contribution in [0.25, 0.3) is 5.65 Å². The van der Waals surface area contributed by atoms with Crippen LogP contribution in [0, 0.1) is 6.92 Å². The van der Waals surface area contributed by atoms with Crippen molar-refractivity contribution >= 4 is 5.65 Å². The van der Waals surface area contributed by atoms with Crippen molar-refractivity contribution in [2.45, 2.75) is 32.4 Å². The zero-order valence-electron chi connectivity index (χ0n) is 11.6. The predicted molar refractivity (Wildman–Crippen MR) is 76.7 cm³/mol. The number of aromatic nitrogens is 2. The maximum Gasteiger partial charge on any atom is 0.258 e. The minimum Gasteiger partial charge on any atom is -0.395 e. The lowest BCUT2D eigenvalue weighted by atomic mass is 10.2. The van der Waals surface area contributed by atoms with Crippen LogP contribution in [0.15, 0.2) is 29.2 Å². The molecule has 1 aliphatic rings. The lowest BCUT2D eigenvalue weighted by Crippen LogP contribution is -2.32. The largest absolute Gasteiger partial charge is 0.395 e. The average Bonchev–Trinajstić information content (AvgIpc) is 2.87. The van der Waals surface area contributed by atoms with Gasteiger partial charge in [0, 0.05) is 24.8 Å². The molecular formula is C15H19N3O2. The SMILES string of the molecule is Cc1ccc2nc(CN3CCCC3CO)cc(=O)n2c1. The highest BCUT2D eigenvalue weighted by Crippen LogP contribution is 2.18. The van der Waals surface area contributed by atoms with Crippen molar-refractivity contribution in [3.8, 4) is 0 Å². The first-order valence-electron chi connectivity index (χ1n) is 7.01. The molecule has 0 bridgehead atoms. The summed E-state index contributed by atoms with van der Waals surface area (Å²) in [4.78, 5) is 18.9. The number of pyridine rings is 1. The number of aliphatic hydroxyl groups is 1. The fourth-order valence-corrected chi connectivity index (χ4v) is 2.86. The lowest BCUT2D eigenvalue weighted by molar-refractivity contribution is 0.152. The normalized spacial score (nSPS) is 19.8. The highest BCUT2D eigenvalue weighted by molar-refractivity contribution is 5.39. The molecule has 1 unspecified atom stereocenters. The van der Waals surface area contributed by atoms with Gasteiger partial charge in [0.05, 0.1) is 12.3 Å². The van der Waals surface area contributed by atoms with E-state index in [4.69, 9.17) is 0 Å². The first kappa shape index (κ1) is 13.3. The fraction of sp³-hybridized carbons (Fsp3) is 0.467. The first-order valence-corrected chi connectivity index (χ1v) is 7.01. The van der Waals surface area contributed by atoms with Crippen LogP contribution in [0.3, 0.4) is 0 Å². The number of aliphatic hydroxyl groups excluding tert-OH is 1. The Labute approximate surface area is 117 Å². The Kier molecular flexibility index (Phi) is 3.54. The maximum atomic E-state index is 12.1. The Morgan fingerprint density at radius 1 is 1.45 bits per heavy atom. The molecule has 0 aromatic carbocycles. The highest BCUT2D eigenvalue weighted by atomic mass is 16.3. The molecule has 0 radical (unpaired) electrons. The molecule has 2 aromatic rings. The van der Waals surface area contributed by atoms with Gasteiger partial charge in [0.1, 0.15) is 5.65 Å². The van der Waals surface area contributed by atoms with Gasteiger partial charge in [-0.2, -0.15) is 0 Å². The smallest absolute Gasteiger partial charge is 0.258 e. The van der Waals surface area contributed by atoms with Crippen LogP contribution in [0.4, 0.5) is 0 Å². The van der Waals surface area contributed by atoms with Gasteiger partial charge < -0.3 is 5.11 Å². The number of aryl methyl sites for hydroxylation is 1. The third-order valence-corrected chi connectivity index (χ3v) is 3.94. The number of rotatable bonds is 3. The molecule has 20 heavy (non-hydrogen) atoms. The minimum atomic E-state index is -0.0477. The quantitative estimate of drug-likeness (QED) is 0.905. The third kappa shape index (κ3) is 2.46. The highest BCUT2D eigenvalue weighted by Gasteiger charge is 2.24. The predicted octanol–water partition coefficient (Wildman–Crippen LogP) is 0.960. The van der Waals surface area contributed by atoms with Crippen molar-refractivity contribution in [1.82, 2.24) is 14.3 Å². The molecule has 1 atom stereocenters. The second-order valence-corrected chi connectivity index (χ2v) is 5.47. The number of fused-ring (bicyclic) bond motifs is 1. The van der Waals surface area contributed by atoms with Crippen molar-refractivity contribution < 1.29 is 5.11 Å². The summed E-state index contributed by atoms with van der Waals surface area (Å²) in [7, 11) is 0. The van der Waals surface area contributed by atoms with Crippen molar-refractivity contribution in [3.63, 3.8) is 0 Å². The van der Waals surface area contributed by atoms with E-state index in [1.54, 1.807) is 16.7 Å². The van der Waals surface area contributed by atoms with Gasteiger partial charge in [0.2, 0.25) is 0 Å². The monoisotopic (exact) mass is 273 g/mol. The molecule has 5 heteroatoms. The average molecular weight is 273 g/mol. The molecule has 1 fully saturated rings. The molecule has 5 nitrogen and oxygen atoms in total.